The molecule has 1 unspecified atom stereocenters. The number of nitrogens with one attached hydrogen (secondary N) is 3. The van der Waals surface area contributed by atoms with Crippen LogP contribution in [0, 0.1) is 11.6 Å². The maximum Gasteiger partial charge on any atom is 0.220 e. The number of amides is 1. The molecule has 3 N–H and O–H groups in total. The number of tetrazole rings is 1. The minimum Gasteiger partial charge on any atom is -0.354 e. The molecule has 154 valence electrons. The highest BCUT2D eigenvalue weighted by Gasteiger charge is 2.19. The molecule has 1 atom stereocenters. The molecule has 0 radical (unpaired) electrons. The van der Waals surface area contributed by atoms with Crippen molar-refractivity contribution in [2.75, 3.05) is 0 Å². The molecule has 0 aliphatic heterocycles. The summed E-state index contributed by atoms with van der Waals surface area (Å²) in [4.78, 5) is 15.8. The number of aryl methyl sites for hydroxylation is 1. The van der Waals surface area contributed by atoms with Gasteiger partial charge in [-0.05, 0) is 66.4 Å². The molecule has 2 heterocycles. The lowest BCUT2D eigenvalue weighted by molar-refractivity contribution is -0.121. The molecule has 0 saturated carbocycles. The summed E-state index contributed by atoms with van der Waals surface area (Å²) in [5.41, 5.74) is 3.07. The number of hydrogen-bond donors (Lipinski definition) is 3. The lowest BCUT2D eigenvalue weighted by atomic mass is 10.0. The Morgan fingerprint density at radius 3 is 2.60 bits per heavy atom. The number of aromatic nitrogens is 5. The highest BCUT2D eigenvalue weighted by atomic mass is 19.1. The van der Waals surface area contributed by atoms with Crippen LogP contribution >= 0.6 is 0 Å². The van der Waals surface area contributed by atoms with Crippen molar-refractivity contribution in [3.05, 3.63) is 65.5 Å². The summed E-state index contributed by atoms with van der Waals surface area (Å²) in [7, 11) is 0. The lowest BCUT2D eigenvalue weighted by Crippen LogP contribution is -2.29. The Kier molecular flexibility index (Phi) is 5.51. The van der Waals surface area contributed by atoms with Crippen LogP contribution in [0.2, 0.25) is 0 Å². The summed E-state index contributed by atoms with van der Waals surface area (Å²) in [6.07, 6.45) is 1.18. The number of halogens is 2. The first-order valence-electron chi connectivity index (χ1n) is 9.64. The van der Waals surface area contributed by atoms with Gasteiger partial charge in [0.25, 0.3) is 0 Å². The largest absolute Gasteiger partial charge is 0.354 e. The number of aromatic amines is 2. The first kappa shape index (κ1) is 19.7. The number of rotatable bonds is 7. The molecular formula is C21H20F2N6O. The zero-order valence-electron chi connectivity index (χ0n) is 16.2. The van der Waals surface area contributed by atoms with Crippen molar-refractivity contribution >= 4 is 16.8 Å². The predicted octanol–water partition coefficient (Wildman–Crippen LogP) is 3.83. The van der Waals surface area contributed by atoms with Gasteiger partial charge in [0.1, 0.15) is 11.6 Å². The highest BCUT2D eigenvalue weighted by molar-refractivity contribution is 5.91. The molecule has 1 amide bonds. The number of fused-ring (bicyclic) bond motifs is 1. The van der Waals surface area contributed by atoms with E-state index in [1.165, 1.54) is 24.3 Å². The average molecular weight is 410 g/mol. The predicted molar refractivity (Wildman–Crippen MR) is 107 cm³/mol. The van der Waals surface area contributed by atoms with Gasteiger partial charge in [0.2, 0.25) is 5.91 Å². The van der Waals surface area contributed by atoms with Crippen LogP contribution in [-0.2, 0) is 11.2 Å². The number of nitrogens with zero attached hydrogens (tertiary/aromatic N) is 3. The van der Waals surface area contributed by atoms with E-state index in [9.17, 15) is 13.6 Å². The van der Waals surface area contributed by atoms with E-state index in [1.807, 2.05) is 6.92 Å². The van der Waals surface area contributed by atoms with Gasteiger partial charge < -0.3 is 10.3 Å². The normalized spacial score (nSPS) is 12.2. The van der Waals surface area contributed by atoms with Crippen LogP contribution in [0.4, 0.5) is 8.78 Å². The van der Waals surface area contributed by atoms with Gasteiger partial charge in [-0.3, -0.25) is 4.79 Å². The van der Waals surface area contributed by atoms with Crippen molar-refractivity contribution in [3.8, 4) is 11.3 Å². The van der Waals surface area contributed by atoms with Crippen LogP contribution in [0.1, 0.15) is 37.2 Å². The smallest absolute Gasteiger partial charge is 0.220 e. The SMILES string of the molecule is CCC(NC(=O)CCc1c(-c2ccc(F)cc2)[nH]c2ccc(F)cc12)c1nn[nH]n1. The van der Waals surface area contributed by atoms with Gasteiger partial charge in [0, 0.05) is 23.0 Å². The van der Waals surface area contributed by atoms with E-state index in [-0.39, 0.29) is 30.0 Å². The molecule has 2 aromatic carbocycles. The molecule has 0 fully saturated rings. The standard InChI is InChI=1S/C21H20F2N6O/c1-2-17(21-26-28-29-27-21)24-19(30)10-8-15-16-11-14(23)7-9-18(16)25-20(15)12-3-5-13(22)6-4-12/h3-7,9,11,17,25H,2,8,10H2,1H3,(H,24,30)(H,26,27,28,29). The Labute approximate surface area is 170 Å². The molecule has 0 aliphatic rings. The van der Waals surface area contributed by atoms with Gasteiger partial charge in [0.15, 0.2) is 5.82 Å². The Morgan fingerprint density at radius 2 is 1.90 bits per heavy atom. The summed E-state index contributed by atoms with van der Waals surface area (Å²) in [6.45, 7) is 1.91. The van der Waals surface area contributed by atoms with E-state index in [1.54, 1.807) is 18.2 Å². The third kappa shape index (κ3) is 4.05. The maximum absolute atomic E-state index is 13.9. The van der Waals surface area contributed by atoms with E-state index in [0.717, 1.165) is 22.3 Å². The molecule has 4 rings (SSSR count). The van der Waals surface area contributed by atoms with E-state index in [0.29, 0.717) is 24.1 Å². The maximum atomic E-state index is 13.9. The number of benzene rings is 2. The van der Waals surface area contributed by atoms with Gasteiger partial charge in [-0.15, -0.1) is 10.2 Å². The third-order valence-corrected chi connectivity index (χ3v) is 5.02. The average Bonchev–Trinajstić information content (AvgIpc) is 3.39. The molecule has 0 spiro atoms. The Hall–Kier alpha value is -3.62. The van der Waals surface area contributed by atoms with Crippen LogP contribution in [0.3, 0.4) is 0 Å². The molecule has 2 aromatic heterocycles. The van der Waals surface area contributed by atoms with Crippen molar-refractivity contribution in [1.82, 2.24) is 30.9 Å². The van der Waals surface area contributed by atoms with Gasteiger partial charge in [-0.1, -0.05) is 12.1 Å². The Balaban J connectivity index is 1.59. The second kappa shape index (κ2) is 8.40. The first-order valence-corrected chi connectivity index (χ1v) is 9.64. The first-order chi connectivity index (χ1) is 14.5. The third-order valence-electron chi connectivity index (χ3n) is 5.02. The van der Waals surface area contributed by atoms with E-state index < -0.39 is 0 Å². The fourth-order valence-corrected chi connectivity index (χ4v) is 3.51. The minimum absolute atomic E-state index is 0.178. The van der Waals surface area contributed by atoms with Crippen molar-refractivity contribution < 1.29 is 13.6 Å². The lowest BCUT2D eigenvalue weighted by Gasteiger charge is -2.13. The summed E-state index contributed by atoms with van der Waals surface area (Å²) in [5.74, 6) is -0.454. The molecule has 0 saturated heterocycles. The van der Waals surface area contributed by atoms with Crippen molar-refractivity contribution in [3.63, 3.8) is 0 Å². The number of H-pyrrole nitrogens is 2. The highest BCUT2D eigenvalue weighted by Crippen LogP contribution is 2.32. The monoisotopic (exact) mass is 410 g/mol. The zero-order valence-corrected chi connectivity index (χ0v) is 16.2. The summed E-state index contributed by atoms with van der Waals surface area (Å²) >= 11 is 0. The van der Waals surface area contributed by atoms with Crippen molar-refractivity contribution in [2.45, 2.75) is 32.2 Å². The van der Waals surface area contributed by atoms with Crippen LogP contribution < -0.4 is 5.32 Å². The topological polar surface area (TPSA) is 99.4 Å². The van der Waals surface area contributed by atoms with Crippen molar-refractivity contribution in [1.29, 1.82) is 0 Å². The van der Waals surface area contributed by atoms with Crippen LogP contribution in [0.5, 0.6) is 0 Å². The van der Waals surface area contributed by atoms with Gasteiger partial charge in [-0.25, -0.2) is 8.78 Å². The second-order valence-corrected chi connectivity index (χ2v) is 6.97. The molecule has 9 heteroatoms. The molecule has 4 aromatic rings. The van der Waals surface area contributed by atoms with E-state index >= 15 is 0 Å². The summed E-state index contributed by atoms with van der Waals surface area (Å²) < 4.78 is 27.2. The minimum atomic E-state index is -0.360. The number of carbonyl (C=O) groups is 1. The van der Waals surface area contributed by atoms with E-state index in [2.05, 4.69) is 30.9 Å². The molecule has 30 heavy (non-hydrogen) atoms. The number of hydrogen-bond acceptors (Lipinski definition) is 4. The zero-order chi connectivity index (χ0) is 21.1. The quantitative estimate of drug-likeness (QED) is 0.431. The second-order valence-electron chi connectivity index (χ2n) is 6.97. The summed E-state index contributed by atoms with van der Waals surface area (Å²) in [5, 5.41) is 17.4. The molecular weight excluding hydrogens is 390 g/mol. The Bertz CT molecular complexity index is 1150. The number of carbonyl (C=O) groups excluding carboxylic acids is 1. The van der Waals surface area contributed by atoms with Crippen LogP contribution in [0.25, 0.3) is 22.2 Å². The summed E-state index contributed by atoms with van der Waals surface area (Å²) in [6, 6.07) is 10.2. The fraction of sp³-hybridized carbons (Fsp3) is 0.238. The van der Waals surface area contributed by atoms with Gasteiger partial charge in [0.05, 0.1) is 6.04 Å². The van der Waals surface area contributed by atoms with Crippen LogP contribution in [-0.4, -0.2) is 31.5 Å². The van der Waals surface area contributed by atoms with Crippen LogP contribution in [0.15, 0.2) is 42.5 Å². The van der Waals surface area contributed by atoms with Crippen molar-refractivity contribution in [2.24, 2.45) is 0 Å². The Morgan fingerprint density at radius 1 is 1.13 bits per heavy atom. The van der Waals surface area contributed by atoms with E-state index in [4.69, 9.17) is 0 Å². The van der Waals surface area contributed by atoms with Gasteiger partial charge >= 0.3 is 0 Å². The van der Waals surface area contributed by atoms with Gasteiger partial charge in [-0.2, -0.15) is 5.21 Å². The molecule has 0 bridgehead atoms. The fourth-order valence-electron chi connectivity index (χ4n) is 3.51. The molecule has 0 aliphatic carbocycles. The molecule has 7 nitrogen and oxygen atoms in total.